The van der Waals surface area contributed by atoms with E-state index in [0.29, 0.717) is 12.6 Å². The first kappa shape index (κ1) is 23.4. The van der Waals surface area contributed by atoms with Crippen molar-refractivity contribution in [3.8, 4) is 0 Å². The fourth-order valence-corrected chi connectivity index (χ4v) is 4.12. The van der Waals surface area contributed by atoms with Crippen molar-refractivity contribution in [2.45, 2.75) is 72.5 Å². The molecule has 3 heterocycles. The van der Waals surface area contributed by atoms with Crippen LogP contribution >= 0.6 is 24.0 Å². The summed E-state index contributed by atoms with van der Waals surface area (Å²) in [5, 5.41) is 12.1. The van der Waals surface area contributed by atoms with Crippen molar-refractivity contribution in [2.24, 2.45) is 17.5 Å². The minimum absolute atomic E-state index is 0. The van der Waals surface area contributed by atoms with Gasteiger partial charge in [0.25, 0.3) is 0 Å². The molecule has 1 atom stereocenters. The Balaban J connectivity index is 0.00000280. The summed E-state index contributed by atoms with van der Waals surface area (Å²) >= 11 is 0. The van der Waals surface area contributed by atoms with Crippen molar-refractivity contribution in [2.75, 3.05) is 26.2 Å². The molecule has 160 valence electrons. The molecule has 1 aromatic rings. The first-order valence-corrected chi connectivity index (χ1v) is 10.3. The molecule has 2 saturated heterocycles. The van der Waals surface area contributed by atoms with Gasteiger partial charge in [-0.15, -0.1) is 34.2 Å². The molecule has 2 aliphatic heterocycles. The maximum absolute atomic E-state index is 4.95. The van der Waals surface area contributed by atoms with Crippen molar-refractivity contribution < 1.29 is 0 Å². The Labute approximate surface area is 187 Å². The summed E-state index contributed by atoms with van der Waals surface area (Å²) < 4.78 is 2.02. The van der Waals surface area contributed by atoms with Gasteiger partial charge >= 0.3 is 0 Å². The zero-order valence-electron chi connectivity index (χ0n) is 18.6. The van der Waals surface area contributed by atoms with E-state index in [4.69, 9.17) is 4.99 Å². The van der Waals surface area contributed by atoms with Gasteiger partial charge in [-0.2, -0.15) is 0 Å². The highest BCUT2D eigenvalue weighted by molar-refractivity contribution is 14.0. The number of likely N-dealkylation sites (N-methyl/N-ethyl adjacent to an activating group) is 1. The van der Waals surface area contributed by atoms with Gasteiger partial charge in [0, 0.05) is 37.1 Å². The molecular weight excluding hydrogens is 465 g/mol. The number of rotatable bonds is 5. The Kier molecular flexibility index (Phi) is 7.39. The monoisotopic (exact) mass is 503 g/mol. The minimum Gasteiger partial charge on any atom is -0.355 e. The van der Waals surface area contributed by atoms with Crippen LogP contribution < -0.4 is 5.32 Å². The van der Waals surface area contributed by atoms with E-state index < -0.39 is 0 Å². The summed E-state index contributed by atoms with van der Waals surface area (Å²) in [7, 11) is 2.00. The number of nitrogens with one attached hydrogen (secondary N) is 1. The molecule has 0 aliphatic carbocycles. The van der Waals surface area contributed by atoms with Gasteiger partial charge in [-0.25, -0.2) is 4.99 Å². The van der Waals surface area contributed by atoms with E-state index in [-0.39, 0.29) is 34.9 Å². The lowest BCUT2D eigenvalue weighted by Gasteiger charge is -2.62. The van der Waals surface area contributed by atoms with E-state index in [2.05, 4.69) is 59.9 Å². The van der Waals surface area contributed by atoms with Crippen LogP contribution in [-0.2, 0) is 13.6 Å². The fourth-order valence-electron chi connectivity index (χ4n) is 4.12. The van der Waals surface area contributed by atoms with Crippen LogP contribution in [0.4, 0.5) is 0 Å². The van der Waals surface area contributed by atoms with Crippen LogP contribution in [0.15, 0.2) is 4.99 Å². The SMILES string of the molecule is CCN1CCCC1CNC(=NCc1nnc(C)n1C)N1CC(C)(C)C1(C)C.I. The lowest BCUT2D eigenvalue weighted by Crippen LogP contribution is -2.72. The summed E-state index contributed by atoms with van der Waals surface area (Å²) in [6.07, 6.45) is 2.57. The van der Waals surface area contributed by atoms with Gasteiger partial charge in [0.15, 0.2) is 11.8 Å². The standard InChI is InChI=1S/C20H37N7.HI/c1-8-26-11-9-10-16(26)12-21-18(27-14-19(3,4)20(27,5)6)22-13-17-24-23-15(2)25(17)7;/h16H,8-14H2,1-7H3,(H,21,22);1H. The normalized spacial score (nSPS) is 24.0. The van der Waals surface area contributed by atoms with Crippen LogP contribution in [0, 0.1) is 12.3 Å². The Morgan fingerprint density at radius 2 is 1.96 bits per heavy atom. The summed E-state index contributed by atoms with van der Waals surface area (Å²) in [5.74, 6) is 2.83. The molecule has 2 aliphatic rings. The molecule has 0 aromatic carbocycles. The Bertz CT molecular complexity index is 695. The zero-order valence-corrected chi connectivity index (χ0v) is 20.9. The molecule has 0 bridgehead atoms. The highest BCUT2D eigenvalue weighted by Crippen LogP contribution is 2.46. The number of nitrogens with zero attached hydrogens (tertiary/aromatic N) is 6. The van der Waals surface area contributed by atoms with Crippen LogP contribution in [0.2, 0.25) is 0 Å². The molecule has 0 spiro atoms. The first-order chi connectivity index (χ1) is 12.7. The maximum Gasteiger partial charge on any atom is 0.194 e. The second-order valence-electron chi connectivity index (χ2n) is 9.20. The number of aromatic nitrogens is 3. The lowest BCUT2D eigenvalue weighted by molar-refractivity contribution is -0.0670. The van der Waals surface area contributed by atoms with Crippen molar-refractivity contribution in [1.29, 1.82) is 0 Å². The Morgan fingerprint density at radius 3 is 2.50 bits per heavy atom. The number of aryl methyl sites for hydroxylation is 1. The van der Waals surface area contributed by atoms with Gasteiger partial charge in [-0.3, -0.25) is 4.90 Å². The average Bonchev–Trinajstić information content (AvgIpc) is 3.21. The van der Waals surface area contributed by atoms with Crippen molar-refractivity contribution in [3.63, 3.8) is 0 Å². The summed E-state index contributed by atoms with van der Waals surface area (Å²) in [5.41, 5.74) is 0.356. The van der Waals surface area contributed by atoms with E-state index in [1.807, 2.05) is 18.5 Å². The van der Waals surface area contributed by atoms with Crippen molar-refractivity contribution in [3.05, 3.63) is 11.6 Å². The number of hydrogen-bond donors (Lipinski definition) is 1. The first-order valence-electron chi connectivity index (χ1n) is 10.3. The second-order valence-corrected chi connectivity index (χ2v) is 9.20. The molecule has 1 unspecified atom stereocenters. The van der Waals surface area contributed by atoms with E-state index in [0.717, 1.165) is 37.2 Å². The van der Waals surface area contributed by atoms with E-state index in [1.54, 1.807) is 0 Å². The predicted molar refractivity (Wildman–Crippen MR) is 125 cm³/mol. The lowest BCUT2D eigenvalue weighted by atomic mass is 9.65. The quantitative estimate of drug-likeness (QED) is 0.381. The molecule has 8 heteroatoms. The summed E-state index contributed by atoms with van der Waals surface area (Å²) in [6, 6.07) is 0.606. The van der Waals surface area contributed by atoms with Crippen LogP contribution in [0.25, 0.3) is 0 Å². The molecule has 0 amide bonds. The number of aliphatic imine (C=N–C) groups is 1. The van der Waals surface area contributed by atoms with Gasteiger partial charge in [0.05, 0.1) is 0 Å². The van der Waals surface area contributed by atoms with Gasteiger partial charge in [0.2, 0.25) is 0 Å². The van der Waals surface area contributed by atoms with Gasteiger partial charge in [-0.05, 0) is 46.7 Å². The van der Waals surface area contributed by atoms with Crippen molar-refractivity contribution >= 4 is 29.9 Å². The van der Waals surface area contributed by atoms with E-state index in [9.17, 15) is 0 Å². The third kappa shape index (κ3) is 4.32. The number of guanidine groups is 1. The molecule has 0 saturated carbocycles. The fraction of sp³-hybridized carbons (Fsp3) is 0.850. The van der Waals surface area contributed by atoms with Crippen LogP contribution in [0.3, 0.4) is 0 Å². The Morgan fingerprint density at radius 1 is 1.25 bits per heavy atom. The number of likely N-dealkylation sites (tertiary alicyclic amines) is 2. The molecule has 1 aromatic heterocycles. The number of halogens is 1. The molecular formula is C20H38IN7. The van der Waals surface area contributed by atoms with E-state index in [1.165, 1.54) is 19.4 Å². The zero-order chi connectivity index (χ0) is 19.8. The van der Waals surface area contributed by atoms with Crippen LogP contribution in [0.5, 0.6) is 0 Å². The average molecular weight is 503 g/mol. The molecule has 3 rings (SSSR count). The molecule has 7 nitrogen and oxygen atoms in total. The smallest absolute Gasteiger partial charge is 0.194 e. The van der Waals surface area contributed by atoms with E-state index >= 15 is 0 Å². The van der Waals surface area contributed by atoms with Crippen LogP contribution in [0.1, 0.15) is 59.1 Å². The highest BCUT2D eigenvalue weighted by Gasteiger charge is 2.53. The summed E-state index contributed by atoms with van der Waals surface area (Å²) in [6.45, 7) is 18.4. The van der Waals surface area contributed by atoms with Gasteiger partial charge in [-0.1, -0.05) is 20.8 Å². The molecule has 2 fully saturated rings. The van der Waals surface area contributed by atoms with Crippen molar-refractivity contribution in [1.82, 2.24) is 29.9 Å². The summed E-state index contributed by atoms with van der Waals surface area (Å²) in [4.78, 5) is 9.94. The van der Waals surface area contributed by atoms with Crippen LogP contribution in [-0.4, -0.2) is 68.3 Å². The third-order valence-electron chi connectivity index (χ3n) is 7.09. The van der Waals surface area contributed by atoms with Gasteiger partial charge < -0.3 is 14.8 Å². The molecule has 0 radical (unpaired) electrons. The highest BCUT2D eigenvalue weighted by atomic mass is 127. The number of hydrogen-bond acceptors (Lipinski definition) is 4. The maximum atomic E-state index is 4.95. The largest absolute Gasteiger partial charge is 0.355 e. The molecule has 28 heavy (non-hydrogen) atoms. The predicted octanol–water partition coefficient (Wildman–Crippen LogP) is 2.79. The second kappa shape index (κ2) is 8.85. The Hall–Kier alpha value is -0.900. The topological polar surface area (TPSA) is 61.6 Å². The minimum atomic E-state index is 0. The van der Waals surface area contributed by atoms with Gasteiger partial charge in [0.1, 0.15) is 12.4 Å². The third-order valence-corrected chi connectivity index (χ3v) is 7.09. The molecule has 1 N–H and O–H groups in total.